The number of nitrogen functional groups attached to an aromatic ring is 1. The summed E-state index contributed by atoms with van der Waals surface area (Å²) in [6, 6.07) is 6.89. The Morgan fingerprint density at radius 2 is 2.10 bits per heavy atom. The minimum absolute atomic E-state index is 0.155. The first kappa shape index (κ1) is 15.1. The number of carboxylic acid groups (broad SMARTS) is 1. The molecule has 0 saturated carbocycles. The Morgan fingerprint density at radius 3 is 2.71 bits per heavy atom. The van der Waals surface area contributed by atoms with Gasteiger partial charge in [-0.1, -0.05) is 18.5 Å². The van der Waals surface area contributed by atoms with Crippen molar-refractivity contribution in [3.8, 4) is 11.5 Å². The number of benzene rings is 2. The fourth-order valence-electron chi connectivity index (χ4n) is 1.84. The number of rotatable bonds is 4. The van der Waals surface area contributed by atoms with Gasteiger partial charge in [-0.15, -0.1) is 0 Å². The van der Waals surface area contributed by atoms with Gasteiger partial charge in [-0.05, 0) is 30.2 Å². The summed E-state index contributed by atoms with van der Waals surface area (Å²) in [6.07, 6.45) is 0.695. The molecule has 0 aliphatic rings. The standard InChI is InChI=1S/C15H13ClFNO3/c1-2-8-5-9(3-4-11(8)16)21-14-6-10(15(19)20)13(18)7-12(14)17/h3-7H,2,18H2,1H3,(H,19,20). The molecule has 4 nitrogen and oxygen atoms in total. The predicted octanol–water partition coefficient (Wildman–Crippen LogP) is 4.11. The monoisotopic (exact) mass is 309 g/mol. The average Bonchev–Trinajstić information content (AvgIpc) is 2.43. The number of halogens is 2. The Morgan fingerprint density at radius 1 is 1.38 bits per heavy atom. The van der Waals surface area contributed by atoms with Crippen molar-refractivity contribution in [2.24, 2.45) is 0 Å². The molecule has 0 bridgehead atoms. The zero-order chi connectivity index (χ0) is 15.6. The van der Waals surface area contributed by atoms with Crippen LogP contribution >= 0.6 is 11.6 Å². The molecule has 110 valence electrons. The lowest BCUT2D eigenvalue weighted by Crippen LogP contribution is -2.04. The van der Waals surface area contributed by atoms with Crippen molar-refractivity contribution in [1.82, 2.24) is 0 Å². The Bertz CT molecular complexity index is 704. The summed E-state index contributed by atoms with van der Waals surface area (Å²) in [5, 5.41) is 9.58. The third-order valence-corrected chi connectivity index (χ3v) is 3.33. The largest absolute Gasteiger partial charge is 0.478 e. The lowest BCUT2D eigenvalue weighted by molar-refractivity contribution is 0.0697. The highest BCUT2D eigenvalue weighted by Crippen LogP contribution is 2.31. The number of aromatic carboxylic acids is 1. The Kier molecular flexibility index (Phi) is 4.33. The molecule has 0 spiro atoms. The molecule has 6 heteroatoms. The minimum atomic E-state index is -1.25. The summed E-state index contributed by atoms with van der Waals surface area (Å²) < 4.78 is 19.2. The quantitative estimate of drug-likeness (QED) is 0.833. The summed E-state index contributed by atoms with van der Waals surface area (Å²) in [4.78, 5) is 11.0. The first-order valence-corrected chi connectivity index (χ1v) is 6.58. The molecular weight excluding hydrogens is 297 g/mol. The number of hydrogen-bond donors (Lipinski definition) is 2. The molecular formula is C15H13ClFNO3. The van der Waals surface area contributed by atoms with Crippen molar-refractivity contribution in [3.63, 3.8) is 0 Å². The van der Waals surface area contributed by atoms with E-state index in [4.69, 9.17) is 27.2 Å². The lowest BCUT2D eigenvalue weighted by atomic mass is 10.1. The van der Waals surface area contributed by atoms with Crippen LogP contribution in [0.5, 0.6) is 11.5 Å². The maximum Gasteiger partial charge on any atom is 0.337 e. The van der Waals surface area contributed by atoms with Crippen LogP contribution < -0.4 is 10.5 Å². The molecule has 0 aliphatic carbocycles. The molecule has 0 unspecified atom stereocenters. The SMILES string of the molecule is CCc1cc(Oc2cc(C(=O)O)c(N)cc2F)ccc1Cl. The smallest absolute Gasteiger partial charge is 0.337 e. The molecule has 0 heterocycles. The first-order chi connectivity index (χ1) is 9.92. The summed E-state index contributed by atoms with van der Waals surface area (Å²) in [6.45, 7) is 1.93. The summed E-state index contributed by atoms with van der Waals surface area (Å²) in [7, 11) is 0. The predicted molar refractivity (Wildman–Crippen MR) is 78.7 cm³/mol. The lowest BCUT2D eigenvalue weighted by Gasteiger charge is -2.11. The van der Waals surface area contributed by atoms with Gasteiger partial charge in [0.2, 0.25) is 0 Å². The van der Waals surface area contributed by atoms with E-state index < -0.39 is 11.8 Å². The van der Waals surface area contributed by atoms with E-state index in [1.807, 2.05) is 6.92 Å². The van der Waals surface area contributed by atoms with Crippen molar-refractivity contribution in [2.45, 2.75) is 13.3 Å². The van der Waals surface area contributed by atoms with Gasteiger partial charge in [-0.2, -0.15) is 0 Å². The van der Waals surface area contributed by atoms with Crippen molar-refractivity contribution in [3.05, 3.63) is 52.3 Å². The van der Waals surface area contributed by atoms with Gasteiger partial charge in [0.15, 0.2) is 11.6 Å². The van der Waals surface area contributed by atoms with Crippen LogP contribution in [-0.2, 0) is 6.42 Å². The Labute approximate surface area is 125 Å². The number of ether oxygens (including phenoxy) is 1. The fourth-order valence-corrected chi connectivity index (χ4v) is 2.10. The molecule has 0 aliphatic heterocycles. The molecule has 0 amide bonds. The van der Waals surface area contributed by atoms with Gasteiger partial charge in [-0.25, -0.2) is 9.18 Å². The maximum absolute atomic E-state index is 13.8. The van der Waals surface area contributed by atoms with Crippen molar-refractivity contribution >= 4 is 23.3 Å². The third-order valence-electron chi connectivity index (χ3n) is 2.96. The Balaban J connectivity index is 2.39. The molecule has 0 atom stereocenters. The van der Waals surface area contributed by atoms with E-state index in [1.165, 1.54) is 0 Å². The third kappa shape index (κ3) is 3.25. The maximum atomic E-state index is 13.8. The van der Waals surface area contributed by atoms with Crippen molar-refractivity contribution in [2.75, 3.05) is 5.73 Å². The molecule has 2 aromatic carbocycles. The normalized spacial score (nSPS) is 10.4. The van der Waals surface area contributed by atoms with Crippen LogP contribution in [0.15, 0.2) is 30.3 Å². The average molecular weight is 310 g/mol. The van der Waals surface area contributed by atoms with E-state index in [0.29, 0.717) is 17.2 Å². The van der Waals surface area contributed by atoms with Crippen LogP contribution in [0.25, 0.3) is 0 Å². The summed E-state index contributed by atoms with van der Waals surface area (Å²) >= 11 is 5.99. The highest BCUT2D eigenvalue weighted by Gasteiger charge is 2.15. The summed E-state index contributed by atoms with van der Waals surface area (Å²) in [5.74, 6) is -1.81. The fraction of sp³-hybridized carbons (Fsp3) is 0.133. The van der Waals surface area contributed by atoms with Crippen LogP contribution in [0, 0.1) is 5.82 Å². The molecule has 3 N–H and O–H groups in total. The van der Waals surface area contributed by atoms with Gasteiger partial charge in [0.05, 0.1) is 5.56 Å². The molecule has 21 heavy (non-hydrogen) atoms. The second kappa shape index (κ2) is 6.01. The van der Waals surface area contributed by atoms with Crippen LogP contribution in [-0.4, -0.2) is 11.1 Å². The van der Waals surface area contributed by atoms with E-state index in [-0.39, 0.29) is 17.0 Å². The minimum Gasteiger partial charge on any atom is -0.478 e. The zero-order valence-electron chi connectivity index (χ0n) is 11.2. The van der Waals surface area contributed by atoms with Gasteiger partial charge in [0, 0.05) is 22.8 Å². The topological polar surface area (TPSA) is 72.5 Å². The number of hydrogen-bond acceptors (Lipinski definition) is 3. The molecule has 0 saturated heterocycles. The highest BCUT2D eigenvalue weighted by atomic mass is 35.5. The highest BCUT2D eigenvalue weighted by molar-refractivity contribution is 6.31. The van der Waals surface area contributed by atoms with Gasteiger partial charge in [0.25, 0.3) is 0 Å². The number of carbonyl (C=O) groups is 1. The van der Waals surface area contributed by atoms with E-state index in [9.17, 15) is 9.18 Å². The number of nitrogens with two attached hydrogens (primary N) is 1. The van der Waals surface area contributed by atoms with E-state index in [2.05, 4.69) is 0 Å². The molecule has 2 rings (SSSR count). The number of carboxylic acids is 1. The van der Waals surface area contributed by atoms with Gasteiger partial charge in [0.1, 0.15) is 5.75 Å². The van der Waals surface area contributed by atoms with Crippen LogP contribution in [0.3, 0.4) is 0 Å². The van der Waals surface area contributed by atoms with E-state index in [0.717, 1.165) is 17.7 Å². The summed E-state index contributed by atoms with van der Waals surface area (Å²) in [5.41, 5.74) is 5.94. The van der Waals surface area contributed by atoms with E-state index >= 15 is 0 Å². The van der Waals surface area contributed by atoms with Crippen molar-refractivity contribution in [1.29, 1.82) is 0 Å². The van der Waals surface area contributed by atoms with Crippen LogP contribution in [0.1, 0.15) is 22.8 Å². The number of anilines is 1. The van der Waals surface area contributed by atoms with Crippen LogP contribution in [0.4, 0.5) is 10.1 Å². The van der Waals surface area contributed by atoms with Gasteiger partial charge < -0.3 is 15.6 Å². The second-order valence-corrected chi connectivity index (χ2v) is 4.79. The molecule has 0 radical (unpaired) electrons. The molecule has 2 aromatic rings. The molecule has 0 aromatic heterocycles. The Hall–Kier alpha value is -2.27. The first-order valence-electron chi connectivity index (χ1n) is 6.21. The zero-order valence-corrected chi connectivity index (χ0v) is 11.9. The second-order valence-electron chi connectivity index (χ2n) is 4.38. The van der Waals surface area contributed by atoms with Gasteiger partial charge >= 0.3 is 5.97 Å². The van der Waals surface area contributed by atoms with Crippen molar-refractivity contribution < 1.29 is 19.0 Å². The van der Waals surface area contributed by atoms with E-state index in [1.54, 1.807) is 18.2 Å². The van der Waals surface area contributed by atoms with Gasteiger partial charge in [-0.3, -0.25) is 0 Å². The van der Waals surface area contributed by atoms with Crippen LogP contribution in [0.2, 0.25) is 5.02 Å². The molecule has 0 fully saturated rings. The number of aryl methyl sites for hydroxylation is 1.